The van der Waals surface area contributed by atoms with Gasteiger partial charge in [0.25, 0.3) is 0 Å². The molecule has 0 radical (unpaired) electrons. The van der Waals surface area contributed by atoms with Crippen LogP contribution in [0, 0.1) is 29.6 Å². The van der Waals surface area contributed by atoms with E-state index >= 15 is 0 Å². The van der Waals surface area contributed by atoms with Crippen LogP contribution in [0.2, 0.25) is 0 Å². The standard InChI is InChI=1S/C38H58N4O4/c1-4-32(28(2)3)25-36(43)35(23-30-13-9-6-10-14-30)41-38(45)33(24-34-26-39-27-40-34)22-31(21-29-11-7-5-8-12-29)15-16-37(44)42-17-19-46-20-18-42/h4-5,7-8,11-12,26-28,30-33,35-36,43H,1,6,9-10,13-25H2,2-3H3,(H,39,40)(H,41,45)/t31?,32-,33-,35-,36-/m0/s1. The number of allylic oxidation sites excluding steroid dienone is 1. The number of nitrogens with one attached hydrogen (secondary N) is 2. The van der Waals surface area contributed by atoms with Crippen LogP contribution in [-0.4, -0.2) is 70.2 Å². The highest BCUT2D eigenvalue weighted by molar-refractivity contribution is 5.79. The van der Waals surface area contributed by atoms with E-state index in [4.69, 9.17) is 4.74 Å². The molecule has 2 amide bonds. The van der Waals surface area contributed by atoms with Gasteiger partial charge in [0.2, 0.25) is 11.8 Å². The molecule has 3 N–H and O–H groups in total. The summed E-state index contributed by atoms with van der Waals surface area (Å²) in [6, 6.07) is 10.0. The van der Waals surface area contributed by atoms with E-state index in [0.29, 0.717) is 70.2 Å². The third kappa shape index (κ3) is 11.7. The van der Waals surface area contributed by atoms with Gasteiger partial charge < -0.3 is 25.0 Å². The topological polar surface area (TPSA) is 108 Å². The van der Waals surface area contributed by atoms with E-state index in [2.05, 4.69) is 47.8 Å². The van der Waals surface area contributed by atoms with Gasteiger partial charge in [-0.2, -0.15) is 0 Å². The highest BCUT2D eigenvalue weighted by Crippen LogP contribution is 2.31. The number of amides is 2. The zero-order valence-corrected chi connectivity index (χ0v) is 28.2. The SMILES string of the molecule is C=C[C@@H](C[C@H](O)[C@H](CC1CCCCC1)NC(=O)[C@H](Cc1c[nH]cn1)CC(CCC(=O)N1CCOCC1)Cc1ccccc1)C(C)C. The third-order valence-electron chi connectivity index (χ3n) is 10.3. The van der Waals surface area contributed by atoms with Crippen LogP contribution in [0.15, 0.2) is 55.5 Å². The molecule has 2 aromatic rings. The molecule has 2 aliphatic rings. The minimum atomic E-state index is -0.645. The lowest BCUT2D eigenvalue weighted by Gasteiger charge is -2.33. The van der Waals surface area contributed by atoms with Crippen molar-refractivity contribution in [2.75, 3.05) is 26.3 Å². The fraction of sp³-hybridized carbons (Fsp3) is 0.658. The number of benzene rings is 1. The minimum Gasteiger partial charge on any atom is -0.391 e. The Bertz CT molecular complexity index is 1160. The van der Waals surface area contributed by atoms with Crippen LogP contribution in [0.25, 0.3) is 0 Å². The van der Waals surface area contributed by atoms with Crippen molar-refractivity contribution in [3.8, 4) is 0 Å². The number of H-pyrrole nitrogens is 1. The summed E-state index contributed by atoms with van der Waals surface area (Å²) in [5, 5.41) is 15.0. The van der Waals surface area contributed by atoms with Gasteiger partial charge in [-0.3, -0.25) is 9.59 Å². The van der Waals surface area contributed by atoms with Gasteiger partial charge in [-0.25, -0.2) is 4.98 Å². The molecule has 1 aliphatic heterocycles. The average molecular weight is 635 g/mol. The summed E-state index contributed by atoms with van der Waals surface area (Å²) in [7, 11) is 0. The maximum absolute atomic E-state index is 14.3. The average Bonchev–Trinajstić information content (AvgIpc) is 3.59. The first-order valence-electron chi connectivity index (χ1n) is 17.8. The number of aromatic nitrogens is 2. The maximum Gasteiger partial charge on any atom is 0.223 e. The lowest BCUT2D eigenvalue weighted by molar-refractivity contribution is -0.135. The summed E-state index contributed by atoms with van der Waals surface area (Å²) in [5.41, 5.74) is 2.05. The number of hydrogen-bond acceptors (Lipinski definition) is 5. The number of rotatable bonds is 18. The van der Waals surface area contributed by atoms with Gasteiger partial charge in [0, 0.05) is 38.0 Å². The monoisotopic (exact) mass is 634 g/mol. The first-order valence-corrected chi connectivity index (χ1v) is 17.8. The zero-order valence-electron chi connectivity index (χ0n) is 28.2. The predicted octanol–water partition coefficient (Wildman–Crippen LogP) is 6.12. The molecule has 8 heteroatoms. The number of aliphatic hydroxyl groups is 1. The number of carbonyl (C=O) groups excluding carboxylic acids is 2. The van der Waals surface area contributed by atoms with Gasteiger partial charge in [-0.15, -0.1) is 6.58 Å². The van der Waals surface area contributed by atoms with Crippen molar-refractivity contribution in [1.29, 1.82) is 0 Å². The smallest absolute Gasteiger partial charge is 0.223 e. The quantitative estimate of drug-likeness (QED) is 0.171. The molecule has 46 heavy (non-hydrogen) atoms. The number of hydrogen-bond donors (Lipinski definition) is 3. The van der Waals surface area contributed by atoms with Crippen molar-refractivity contribution in [3.05, 3.63) is 66.8 Å². The van der Waals surface area contributed by atoms with Crippen molar-refractivity contribution >= 4 is 11.8 Å². The number of carbonyl (C=O) groups is 2. The Hall–Kier alpha value is -2.97. The fourth-order valence-corrected chi connectivity index (χ4v) is 7.37. The first kappa shape index (κ1) is 35.9. The second-order valence-corrected chi connectivity index (χ2v) is 14.1. The first-order chi connectivity index (χ1) is 22.3. The molecule has 4 rings (SSSR count). The molecule has 8 nitrogen and oxygen atoms in total. The Morgan fingerprint density at radius 2 is 1.85 bits per heavy atom. The molecule has 1 aromatic heterocycles. The summed E-state index contributed by atoms with van der Waals surface area (Å²) in [5.74, 6) is 0.986. The van der Waals surface area contributed by atoms with E-state index in [1.165, 1.54) is 24.8 Å². The van der Waals surface area contributed by atoms with Crippen molar-refractivity contribution in [3.63, 3.8) is 0 Å². The van der Waals surface area contributed by atoms with Crippen LogP contribution in [0.4, 0.5) is 0 Å². The second kappa shape index (κ2) is 19.0. The van der Waals surface area contributed by atoms with Crippen molar-refractivity contribution in [2.45, 2.75) is 103 Å². The van der Waals surface area contributed by atoms with E-state index in [1.807, 2.05) is 35.4 Å². The normalized spacial score (nSPS) is 19.3. The summed E-state index contributed by atoms with van der Waals surface area (Å²) >= 11 is 0. The predicted molar refractivity (Wildman–Crippen MR) is 183 cm³/mol. The summed E-state index contributed by atoms with van der Waals surface area (Å²) in [6.07, 6.45) is 15.3. The Balaban J connectivity index is 1.52. The van der Waals surface area contributed by atoms with Crippen LogP contribution in [0.1, 0.15) is 89.3 Å². The Morgan fingerprint density at radius 3 is 2.50 bits per heavy atom. The van der Waals surface area contributed by atoms with E-state index in [-0.39, 0.29) is 35.6 Å². The van der Waals surface area contributed by atoms with Crippen molar-refractivity contribution < 1.29 is 19.4 Å². The van der Waals surface area contributed by atoms with E-state index < -0.39 is 6.10 Å². The Labute approximate surface area is 276 Å². The molecule has 0 spiro atoms. The largest absolute Gasteiger partial charge is 0.391 e. The van der Waals surface area contributed by atoms with Gasteiger partial charge in [-0.05, 0) is 61.3 Å². The fourth-order valence-electron chi connectivity index (χ4n) is 7.37. The molecule has 2 heterocycles. The Kier molecular flexibility index (Phi) is 14.8. The molecule has 1 saturated heterocycles. The number of imidazole rings is 1. The molecular weight excluding hydrogens is 576 g/mol. The van der Waals surface area contributed by atoms with Crippen LogP contribution in [0.3, 0.4) is 0 Å². The number of nitrogens with zero attached hydrogens (tertiary/aromatic N) is 2. The minimum absolute atomic E-state index is 0.0277. The zero-order chi connectivity index (χ0) is 32.7. The van der Waals surface area contributed by atoms with Gasteiger partial charge >= 0.3 is 0 Å². The highest BCUT2D eigenvalue weighted by atomic mass is 16.5. The summed E-state index contributed by atoms with van der Waals surface area (Å²) in [6.45, 7) is 10.8. The summed E-state index contributed by atoms with van der Waals surface area (Å²) < 4.78 is 5.45. The molecule has 1 saturated carbocycles. The highest BCUT2D eigenvalue weighted by Gasteiger charge is 2.32. The van der Waals surface area contributed by atoms with Gasteiger partial charge in [-0.1, -0.05) is 82.4 Å². The molecular formula is C38H58N4O4. The molecule has 1 aliphatic carbocycles. The maximum atomic E-state index is 14.3. The second-order valence-electron chi connectivity index (χ2n) is 14.1. The number of ether oxygens (including phenoxy) is 1. The Morgan fingerprint density at radius 1 is 1.11 bits per heavy atom. The number of aliphatic hydroxyl groups excluding tert-OH is 1. The van der Waals surface area contributed by atoms with Gasteiger partial charge in [0.15, 0.2) is 0 Å². The molecule has 5 atom stereocenters. The number of morpholine rings is 1. The molecule has 0 bridgehead atoms. The van der Waals surface area contributed by atoms with E-state index in [0.717, 1.165) is 31.4 Å². The summed E-state index contributed by atoms with van der Waals surface area (Å²) in [4.78, 5) is 36.9. The third-order valence-corrected chi connectivity index (χ3v) is 10.3. The van der Waals surface area contributed by atoms with Crippen molar-refractivity contribution in [1.82, 2.24) is 20.2 Å². The lowest BCUT2D eigenvalue weighted by Crippen LogP contribution is -2.48. The molecule has 2 fully saturated rings. The van der Waals surface area contributed by atoms with E-state index in [9.17, 15) is 14.7 Å². The van der Waals surface area contributed by atoms with Crippen LogP contribution < -0.4 is 5.32 Å². The van der Waals surface area contributed by atoms with Crippen LogP contribution in [-0.2, 0) is 27.2 Å². The molecule has 1 unspecified atom stereocenters. The van der Waals surface area contributed by atoms with E-state index in [1.54, 1.807) is 6.33 Å². The van der Waals surface area contributed by atoms with Crippen LogP contribution >= 0.6 is 0 Å². The lowest BCUT2D eigenvalue weighted by atomic mass is 9.80. The van der Waals surface area contributed by atoms with Crippen LogP contribution in [0.5, 0.6) is 0 Å². The molecule has 1 aromatic carbocycles. The van der Waals surface area contributed by atoms with Gasteiger partial charge in [0.05, 0.1) is 37.4 Å². The van der Waals surface area contributed by atoms with Gasteiger partial charge in [0.1, 0.15) is 0 Å². The van der Waals surface area contributed by atoms with Crippen molar-refractivity contribution in [2.24, 2.45) is 29.6 Å². The molecule has 254 valence electrons. The number of aromatic amines is 1.